The smallest absolute Gasteiger partial charge is 0.0726 e. The Kier molecular flexibility index (Phi) is 7.75. The molecule has 0 radical (unpaired) electrons. The third-order valence-electron chi connectivity index (χ3n) is 11.8. The van der Waals surface area contributed by atoms with E-state index >= 15 is 0 Å². The van der Waals surface area contributed by atoms with Crippen molar-refractivity contribution < 1.29 is 0 Å². The summed E-state index contributed by atoms with van der Waals surface area (Å²) in [4.78, 5) is 4.80. The van der Waals surface area contributed by atoms with Gasteiger partial charge in [0.15, 0.2) is 0 Å². The standard InChI is InChI=1S/C55H38N2/c1-5-20-39(21-6-1)56(40-22-7-2-8-23-40)43-36-37-51-48(38-43)45-29-14-13-28-44(45)46-30-15-17-32-49(46)55(51)50-33-18-16-31-47(50)54-52(55)34-19-35-53(54)57(41-24-9-3-10-25-41)42-26-11-4-12-27-42/h1-38H. The molecule has 0 fully saturated rings. The Morgan fingerprint density at radius 3 is 1.21 bits per heavy atom. The Bertz CT molecular complexity index is 2820. The molecule has 2 heteroatoms. The van der Waals surface area contributed by atoms with Crippen molar-refractivity contribution in [2.24, 2.45) is 0 Å². The number of nitrogens with zero attached hydrogens (tertiary/aromatic N) is 2. The monoisotopic (exact) mass is 726 g/mol. The highest BCUT2D eigenvalue weighted by molar-refractivity contribution is 6.02. The number of hydrogen-bond acceptors (Lipinski definition) is 2. The molecule has 1 spiro atoms. The first-order valence-electron chi connectivity index (χ1n) is 19.7. The van der Waals surface area contributed by atoms with Gasteiger partial charge in [0.1, 0.15) is 0 Å². The largest absolute Gasteiger partial charge is 0.310 e. The molecule has 0 saturated carbocycles. The SMILES string of the molecule is c1ccc(N(c2ccccc2)c2ccc3c(c2)-c2ccccc2-c2ccccc2C32c3ccccc3-c3c(N(c4ccccc4)c4ccccc4)cccc32)cc1. The lowest BCUT2D eigenvalue weighted by Gasteiger charge is -2.36. The number of rotatable bonds is 6. The Labute approximate surface area is 334 Å². The molecular weight excluding hydrogens is 689 g/mol. The summed E-state index contributed by atoms with van der Waals surface area (Å²) in [7, 11) is 0. The van der Waals surface area contributed by atoms with Crippen LogP contribution in [0.25, 0.3) is 33.4 Å². The van der Waals surface area contributed by atoms with Crippen LogP contribution in [-0.2, 0) is 5.41 Å². The van der Waals surface area contributed by atoms with Crippen LogP contribution in [0.4, 0.5) is 34.1 Å². The number of para-hydroxylation sites is 4. The molecule has 1 unspecified atom stereocenters. The van der Waals surface area contributed by atoms with Crippen molar-refractivity contribution in [3.63, 3.8) is 0 Å². The van der Waals surface area contributed by atoms with Crippen molar-refractivity contribution in [3.05, 3.63) is 253 Å². The second-order valence-electron chi connectivity index (χ2n) is 14.8. The number of fused-ring (bicyclic) bond motifs is 12. The van der Waals surface area contributed by atoms with Gasteiger partial charge in [0, 0.05) is 34.0 Å². The van der Waals surface area contributed by atoms with Gasteiger partial charge in [-0.25, -0.2) is 0 Å². The first kappa shape index (κ1) is 33.0. The summed E-state index contributed by atoms with van der Waals surface area (Å²) >= 11 is 0. The molecule has 11 rings (SSSR count). The van der Waals surface area contributed by atoms with Crippen LogP contribution in [-0.4, -0.2) is 0 Å². The molecule has 268 valence electrons. The average Bonchev–Trinajstić information content (AvgIpc) is 3.54. The maximum absolute atomic E-state index is 2.44. The molecule has 2 aliphatic rings. The van der Waals surface area contributed by atoms with Crippen molar-refractivity contribution in [1.29, 1.82) is 0 Å². The van der Waals surface area contributed by atoms with E-state index in [2.05, 4.69) is 240 Å². The lowest BCUT2D eigenvalue weighted by Crippen LogP contribution is -2.29. The normalized spacial score (nSPS) is 14.4. The van der Waals surface area contributed by atoms with Gasteiger partial charge in [-0.05, 0) is 117 Å². The first-order valence-corrected chi connectivity index (χ1v) is 19.7. The summed E-state index contributed by atoms with van der Waals surface area (Å²) in [5.41, 5.74) is 18.8. The molecule has 0 amide bonds. The Morgan fingerprint density at radius 2 is 0.649 bits per heavy atom. The van der Waals surface area contributed by atoms with Gasteiger partial charge in [-0.15, -0.1) is 0 Å². The van der Waals surface area contributed by atoms with Crippen LogP contribution in [0.5, 0.6) is 0 Å². The quantitative estimate of drug-likeness (QED) is 0.168. The summed E-state index contributed by atoms with van der Waals surface area (Å²) in [5, 5.41) is 0. The van der Waals surface area contributed by atoms with Crippen molar-refractivity contribution in [1.82, 2.24) is 0 Å². The van der Waals surface area contributed by atoms with Crippen LogP contribution >= 0.6 is 0 Å². The van der Waals surface area contributed by atoms with E-state index in [1.807, 2.05) is 0 Å². The van der Waals surface area contributed by atoms with Gasteiger partial charge in [-0.3, -0.25) is 0 Å². The zero-order valence-corrected chi connectivity index (χ0v) is 31.3. The van der Waals surface area contributed by atoms with Gasteiger partial charge in [-0.1, -0.05) is 164 Å². The van der Waals surface area contributed by atoms with Crippen molar-refractivity contribution in [2.45, 2.75) is 5.41 Å². The van der Waals surface area contributed by atoms with Gasteiger partial charge in [0.2, 0.25) is 0 Å². The van der Waals surface area contributed by atoms with E-state index in [4.69, 9.17) is 0 Å². The van der Waals surface area contributed by atoms with E-state index in [9.17, 15) is 0 Å². The second kappa shape index (κ2) is 13.4. The molecule has 57 heavy (non-hydrogen) atoms. The van der Waals surface area contributed by atoms with Gasteiger partial charge < -0.3 is 9.80 Å². The number of anilines is 6. The minimum Gasteiger partial charge on any atom is -0.310 e. The molecule has 0 aromatic heterocycles. The summed E-state index contributed by atoms with van der Waals surface area (Å²) in [6, 6.07) is 84.4. The predicted octanol–water partition coefficient (Wildman–Crippen LogP) is 14.6. The molecular formula is C55H38N2. The highest BCUT2D eigenvalue weighted by atomic mass is 15.1. The van der Waals surface area contributed by atoms with E-state index in [1.165, 1.54) is 55.6 Å². The van der Waals surface area contributed by atoms with E-state index in [0.717, 1.165) is 34.1 Å². The minimum atomic E-state index is -0.616. The maximum atomic E-state index is 2.44. The summed E-state index contributed by atoms with van der Waals surface area (Å²) in [6.07, 6.45) is 0. The van der Waals surface area contributed by atoms with Gasteiger partial charge in [0.05, 0.1) is 11.1 Å². The van der Waals surface area contributed by atoms with Crippen molar-refractivity contribution >= 4 is 34.1 Å². The van der Waals surface area contributed by atoms with Crippen LogP contribution in [0.1, 0.15) is 22.3 Å². The second-order valence-corrected chi connectivity index (χ2v) is 14.8. The third-order valence-corrected chi connectivity index (χ3v) is 11.8. The Hall–Kier alpha value is -7.42. The number of hydrogen-bond donors (Lipinski definition) is 0. The van der Waals surface area contributed by atoms with Gasteiger partial charge in [0.25, 0.3) is 0 Å². The zero-order chi connectivity index (χ0) is 37.8. The molecule has 2 aliphatic carbocycles. The predicted molar refractivity (Wildman–Crippen MR) is 238 cm³/mol. The van der Waals surface area contributed by atoms with Crippen LogP contribution in [0, 0.1) is 0 Å². The molecule has 0 heterocycles. The highest BCUT2D eigenvalue weighted by Crippen LogP contribution is 2.64. The lowest BCUT2D eigenvalue weighted by atomic mass is 9.66. The first-order chi connectivity index (χ1) is 28.3. The molecule has 9 aromatic rings. The highest BCUT2D eigenvalue weighted by Gasteiger charge is 2.50. The van der Waals surface area contributed by atoms with E-state index in [-0.39, 0.29) is 0 Å². The third kappa shape index (κ3) is 5.04. The number of benzene rings is 9. The van der Waals surface area contributed by atoms with Crippen LogP contribution in [0.3, 0.4) is 0 Å². The minimum absolute atomic E-state index is 0.616. The van der Waals surface area contributed by atoms with Gasteiger partial charge in [-0.2, -0.15) is 0 Å². The molecule has 2 nitrogen and oxygen atoms in total. The Balaban J connectivity index is 1.25. The molecule has 9 aromatic carbocycles. The topological polar surface area (TPSA) is 6.48 Å². The van der Waals surface area contributed by atoms with Gasteiger partial charge >= 0.3 is 0 Å². The zero-order valence-electron chi connectivity index (χ0n) is 31.3. The van der Waals surface area contributed by atoms with Crippen LogP contribution < -0.4 is 9.80 Å². The van der Waals surface area contributed by atoms with Crippen molar-refractivity contribution in [3.8, 4) is 33.4 Å². The van der Waals surface area contributed by atoms with Crippen molar-refractivity contribution in [2.75, 3.05) is 9.80 Å². The maximum Gasteiger partial charge on any atom is 0.0726 e. The Morgan fingerprint density at radius 1 is 0.246 bits per heavy atom. The molecule has 0 bridgehead atoms. The van der Waals surface area contributed by atoms with E-state index < -0.39 is 5.41 Å². The fourth-order valence-corrected chi connectivity index (χ4v) is 9.62. The molecule has 0 saturated heterocycles. The van der Waals surface area contributed by atoms with E-state index in [0.29, 0.717) is 0 Å². The summed E-state index contributed by atoms with van der Waals surface area (Å²) < 4.78 is 0. The van der Waals surface area contributed by atoms with Crippen LogP contribution in [0.15, 0.2) is 231 Å². The summed E-state index contributed by atoms with van der Waals surface area (Å²) in [6.45, 7) is 0. The lowest BCUT2D eigenvalue weighted by molar-refractivity contribution is 0.775. The average molecular weight is 727 g/mol. The fourth-order valence-electron chi connectivity index (χ4n) is 9.62. The molecule has 0 aliphatic heterocycles. The molecule has 1 atom stereocenters. The molecule has 0 N–H and O–H groups in total. The fraction of sp³-hybridized carbons (Fsp3) is 0.0182. The summed E-state index contributed by atoms with van der Waals surface area (Å²) in [5.74, 6) is 0. The van der Waals surface area contributed by atoms with Crippen LogP contribution in [0.2, 0.25) is 0 Å². The van der Waals surface area contributed by atoms with E-state index in [1.54, 1.807) is 0 Å².